The quantitative estimate of drug-likeness (QED) is 0.101. The summed E-state index contributed by atoms with van der Waals surface area (Å²) in [7, 11) is 0. The Morgan fingerprint density at radius 2 is 0.367 bits per heavy atom. The Labute approximate surface area is 875 Å². The first kappa shape index (κ1) is 88.5. The fourth-order valence-corrected chi connectivity index (χ4v) is 25.1. The van der Waals surface area contributed by atoms with Crippen molar-refractivity contribution >= 4 is 160 Å². The molecule has 13 heteroatoms. The maximum Gasteiger partial charge on any atom is 0.164 e. The van der Waals surface area contributed by atoms with Crippen LogP contribution in [0.1, 0.15) is 0 Å². The highest BCUT2D eigenvalue weighted by atomic mass is 32.1. The van der Waals surface area contributed by atoms with Crippen LogP contribution in [0.15, 0.2) is 522 Å². The predicted molar refractivity (Wildman–Crippen MR) is 631 cm³/mol. The molecule has 0 unspecified atom stereocenters. The lowest BCUT2D eigenvalue weighted by Gasteiger charge is -2.11. The van der Waals surface area contributed by atoms with Gasteiger partial charge in [0, 0.05) is 160 Å². The van der Waals surface area contributed by atoms with Crippen molar-refractivity contribution in [1.82, 2.24) is 48.6 Å². The van der Waals surface area contributed by atoms with Gasteiger partial charge in [0.25, 0.3) is 0 Å². The predicted octanol–water partition coefficient (Wildman–Crippen LogP) is 37.2. The highest BCUT2D eigenvalue weighted by Crippen LogP contribution is 2.48. The number of benzene rings is 21. The third-order valence-corrected chi connectivity index (χ3v) is 32.3. The normalized spacial score (nSPS) is 11.6. The number of hydrogen-bond donors (Lipinski definition) is 0. The fraction of sp³-hybridized carbons (Fsp3) is 0. The third kappa shape index (κ3) is 16.2. The van der Waals surface area contributed by atoms with E-state index in [9.17, 15) is 0 Å². The van der Waals surface area contributed by atoms with Gasteiger partial charge in [-0.05, 0) is 203 Å². The highest BCUT2D eigenvalue weighted by Gasteiger charge is 2.24. The number of nitrogens with zero attached hydrogens (tertiary/aromatic N) is 10. The summed E-state index contributed by atoms with van der Waals surface area (Å²) in [6, 6.07) is 185. The van der Waals surface area contributed by atoms with Crippen LogP contribution in [-0.2, 0) is 0 Å². The topological polar surface area (TPSA) is 105 Å². The van der Waals surface area contributed by atoms with E-state index in [0.29, 0.717) is 29.1 Å². The van der Waals surface area contributed by atoms with Gasteiger partial charge in [-0.1, -0.05) is 352 Å². The van der Waals surface area contributed by atoms with Gasteiger partial charge >= 0.3 is 0 Å². The van der Waals surface area contributed by atoms with Crippen LogP contribution in [0.3, 0.4) is 0 Å². The second-order valence-electron chi connectivity index (χ2n) is 37.7. The zero-order valence-corrected chi connectivity index (χ0v) is 83.3. The average molecular weight is 1970 g/mol. The number of thiophene rings is 3. The summed E-state index contributed by atoms with van der Waals surface area (Å²) in [6.07, 6.45) is 0. The van der Waals surface area contributed by atoms with Crippen LogP contribution in [0.5, 0.6) is 0 Å². The smallest absolute Gasteiger partial charge is 0.164 e. The van der Waals surface area contributed by atoms with E-state index in [2.05, 4.69) is 402 Å². The summed E-state index contributed by atoms with van der Waals surface area (Å²) >= 11 is 5.61. The lowest BCUT2D eigenvalue weighted by Crippen LogP contribution is -2.00. The number of aromatic nitrogens is 10. The molecule has 10 nitrogen and oxygen atoms in total. The fourth-order valence-electron chi connectivity index (χ4n) is 21.5. The summed E-state index contributed by atoms with van der Waals surface area (Å²) in [4.78, 5) is 34.9. The SMILES string of the molecule is c1ccc(-c2cc(-c3ccccc3)nc(-c3ccc(-n4c5ccccc5c5cc(-c6ccc7sc8ccccc8c7c6)ccc54)cc3)n2)cc1.c1ccc(-c2cc(-c3ccccc3)nc(-c3ccc(-n4c5ccccc5c5cc(-c6cccc7c6sc6ccccc67)ccc54)cc3)n2)cc1.c1ccc(-c2nc(-c3ccccc3)nc(-c3ccc(-n4c5ccccc5c5cc(-c6cccc7c6sc6ccccc67)ccc54)cc3)n2)cc1. The third-order valence-electron chi connectivity index (χ3n) is 28.7. The Hall–Kier alpha value is -19.2. The first-order chi connectivity index (χ1) is 74.3. The summed E-state index contributed by atoms with van der Waals surface area (Å²) in [5, 5.41) is 15.3. The van der Waals surface area contributed by atoms with Gasteiger partial charge in [-0.3, -0.25) is 0 Å². The molecule has 0 amide bonds. The Balaban J connectivity index is 0.000000108. The molecule has 0 aliphatic heterocycles. The van der Waals surface area contributed by atoms with E-state index >= 15 is 0 Å². The molecule has 21 aromatic carbocycles. The molecule has 0 saturated carbocycles. The van der Waals surface area contributed by atoms with Gasteiger partial charge in [0.15, 0.2) is 29.1 Å². The molecule has 0 aliphatic rings. The van der Waals surface area contributed by atoms with Crippen molar-refractivity contribution in [3.8, 4) is 152 Å². The van der Waals surface area contributed by atoms with E-state index in [1.807, 2.05) is 167 Å². The van der Waals surface area contributed by atoms with Crippen molar-refractivity contribution in [1.29, 1.82) is 0 Å². The van der Waals surface area contributed by atoms with Crippen molar-refractivity contribution in [3.05, 3.63) is 522 Å². The monoisotopic (exact) mass is 1970 g/mol. The van der Waals surface area contributed by atoms with Gasteiger partial charge in [-0.2, -0.15) is 0 Å². The minimum absolute atomic E-state index is 0.645. The average Bonchev–Trinajstić information content (AvgIpc) is 1.60. The molecule has 0 radical (unpaired) electrons. The van der Waals surface area contributed by atoms with E-state index in [-0.39, 0.29) is 0 Å². The summed E-state index contributed by atoms with van der Waals surface area (Å²) in [5.74, 6) is 3.37. The molecule has 9 heterocycles. The van der Waals surface area contributed by atoms with Crippen LogP contribution in [0.25, 0.3) is 278 Å². The van der Waals surface area contributed by atoms with Crippen molar-refractivity contribution < 1.29 is 0 Å². The molecule has 0 N–H and O–H groups in total. The summed E-state index contributed by atoms with van der Waals surface area (Å²) < 4.78 is 15.1. The molecule has 9 aromatic heterocycles. The first-order valence-corrected chi connectivity index (χ1v) is 52.8. The van der Waals surface area contributed by atoms with Crippen LogP contribution in [-0.4, -0.2) is 48.6 Å². The van der Waals surface area contributed by atoms with E-state index in [0.717, 1.165) is 89.9 Å². The van der Waals surface area contributed by atoms with Crippen molar-refractivity contribution in [2.45, 2.75) is 0 Å². The summed E-state index contributed by atoms with van der Waals surface area (Å²) in [6.45, 7) is 0. The molecule has 30 rings (SSSR count). The highest BCUT2D eigenvalue weighted by molar-refractivity contribution is 7.27. The number of fused-ring (bicyclic) bond motifs is 18. The standard InChI is InChI=1S/2C46H29N3S.C45H28N4S/c1-3-12-30(13-4-1)40-29-41(31-14-5-2-6-15-31)48-46(47-40)32-22-25-34(26-23-32)49-42-20-9-7-16-36(42)39-28-33(24-27-43(39)49)35-18-11-19-38-37-17-8-10-21-44(37)50-45(35)38;1-3-11-30(12-4-1)40-29-41(31-13-5-2-6-14-31)48-46(47-40)32-19-23-35(24-20-32)49-42-17-9-7-15-36(42)38-27-33(21-25-43(38)49)34-22-26-45-39(28-34)37-16-8-10-18-44(37)50-45;1-3-12-29(13-4-1)43-46-44(30-14-5-2-6-15-30)48-45(47-43)31-22-25-33(26-23-31)49-39-20-9-7-16-35(39)38-28-32(24-27-40(38)49)34-18-11-19-37-36-17-8-10-21-41(36)50-42(34)37/h2*1-29H;1-28H. The molecule has 0 spiro atoms. The molecule has 0 atom stereocenters. The zero-order chi connectivity index (χ0) is 99.1. The van der Waals surface area contributed by atoms with Crippen LogP contribution in [0.2, 0.25) is 0 Å². The molecule has 0 fully saturated rings. The van der Waals surface area contributed by atoms with Gasteiger partial charge in [0.05, 0.1) is 55.9 Å². The lowest BCUT2D eigenvalue weighted by atomic mass is 10.0. The molecular weight excluding hydrogens is 1880 g/mol. The lowest BCUT2D eigenvalue weighted by molar-refractivity contribution is 1.07. The summed E-state index contributed by atoms with van der Waals surface area (Å²) in [5.41, 5.74) is 30.5. The molecule has 150 heavy (non-hydrogen) atoms. The molecular formula is C137H86N10S3. The van der Waals surface area contributed by atoms with E-state index in [1.165, 1.54) is 159 Å². The Kier molecular flexibility index (Phi) is 22.3. The van der Waals surface area contributed by atoms with Crippen LogP contribution in [0.4, 0.5) is 0 Å². The van der Waals surface area contributed by atoms with Gasteiger partial charge in [-0.25, -0.2) is 34.9 Å². The Bertz CT molecular complexity index is 9860. The van der Waals surface area contributed by atoms with Crippen LogP contribution in [0, 0.1) is 0 Å². The number of rotatable bonds is 15. The zero-order valence-electron chi connectivity index (χ0n) is 80.8. The first-order valence-electron chi connectivity index (χ1n) is 50.4. The maximum absolute atomic E-state index is 5.05. The van der Waals surface area contributed by atoms with Crippen molar-refractivity contribution in [2.24, 2.45) is 0 Å². The largest absolute Gasteiger partial charge is 0.309 e. The molecule has 702 valence electrons. The van der Waals surface area contributed by atoms with Crippen molar-refractivity contribution in [3.63, 3.8) is 0 Å². The van der Waals surface area contributed by atoms with Crippen LogP contribution >= 0.6 is 34.0 Å². The van der Waals surface area contributed by atoms with Gasteiger partial charge < -0.3 is 13.7 Å². The van der Waals surface area contributed by atoms with Gasteiger partial charge in [0.1, 0.15) is 0 Å². The number of para-hydroxylation sites is 3. The van der Waals surface area contributed by atoms with E-state index < -0.39 is 0 Å². The number of hydrogen-bond acceptors (Lipinski definition) is 10. The molecule has 30 aromatic rings. The second-order valence-corrected chi connectivity index (χ2v) is 40.9. The van der Waals surface area contributed by atoms with Gasteiger partial charge in [-0.15, -0.1) is 34.0 Å². The Morgan fingerprint density at radius 1 is 0.133 bits per heavy atom. The molecule has 0 aliphatic carbocycles. The van der Waals surface area contributed by atoms with E-state index in [1.54, 1.807) is 0 Å². The van der Waals surface area contributed by atoms with Gasteiger partial charge in [0.2, 0.25) is 0 Å². The second kappa shape index (κ2) is 37.8. The minimum Gasteiger partial charge on any atom is -0.309 e. The van der Waals surface area contributed by atoms with E-state index in [4.69, 9.17) is 34.9 Å². The minimum atomic E-state index is 0.645. The maximum atomic E-state index is 5.05. The molecule has 0 saturated heterocycles. The van der Waals surface area contributed by atoms with Crippen molar-refractivity contribution in [2.75, 3.05) is 0 Å². The Morgan fingerprint density at radius 3 is 0.713 bits per heavy atom. The molecule has 0 bridgehead atoms. The van der Waals surface area contributed by atoms with Crippen LogP contribution < -0.4 is 0 Å².